The van der Waals surface area contributed by atoms with Crippen molar-refractivity contribution in [3.05, 3.63) is 21.3 Å². The first kappa shape index (κ1) is 13.8. The van der Waals surface area contributed by atoms with E-state index in [0.717, 1.165) is 17.8 Å². The Bertz CT molecular complexity index is 488. The van der Waals surface area contributed by atoms with Crippen molar-refractivity contribution in [1.29, 1.82) is 0 Å². The molecule has 0 aromatic heterocycles. The predicted molar refractivity (Wildman–Crippen MR) is 93.8 cm³/mol. The van der Waals surface area contributed by atoms with Crippen LogP contribution in [-0.2, 0) is 0 Å². The molecule has 0 spiro atoms. The van der Waals surface area contributed by atoms with Crippen LogP contribution >= 0.6 is 22.6 Å². The van der Waals surface area contributed by atoms with Gasteiger partial charge < -0.3 is 0 Å². The zero-order valence-electron chi connectivity index (χ0n) is 12.9. The molecule has 2 saturated carbocycles. The van der Waals surface area contributed by atoms with Crippen LogP contribution in [0.3, 0.4) is 0 Å². The molecule has 4 aliphatic rings. The Labute approximate surface area is 137 Å². The predicted octanol–water partition coefficient (Wildman–Crippen LogP) is 6.27. The summed E-state index contributed by atoms with van der Waals surface area (Å²) in [4.78, 5) is 0. The van der Waals surface area contributed by atoms with Gasteiger partial charge in [-0.3, -0.25) is 0 Å². The summed E-state index contributed by atoms with van der Waals surface area (Å²) in [5.41, 5.74) is 2.94. The van der Waals surface area contributed by atoms with Crippen LogP contribution in [-0.4, -0.2) is 0 Å². The molecule has 110 valence electrons. The lowest BCUT2D eigenvalue weighted by Crippen LogP contribution is -2.49. The molecule has 5 atom stereocenters. The third-order valence-corrected chi connectivity index (χ3v) is 9.19. The Morgan fingerprint density at radius 3 is 2.75 bits per heavy atom. The first-order valence-corrected chi connectivity index (χ1v) is 9.69. The molecule has 0 aliphatic heterocycles. The second-order valence-corrected chi connectivity index (χ2v) is 9.36. The normalized spacial score (nSPS) is 50.6. The van der Waals surface area contributed by atoms with Crippen LogP contribution in [0.15, 0.2) is 21.3 Å². The molecule has 0 amide bonds. The molecule has 0 radical (unpaired) electrons. The summed E-state index contributed by atoms with van der Waals surface area (Å²) < 4.78 is 1.67. The van der Waals surface area contributed by atoms with Crippen molar-refractivity contribution in [2.24, 2.45) is 28.6 Å². The number of fused-ring (bicyclic) bond motifs is 5. The van der Waals surface area contributed by atoms with Crippen LogP contribution in [0, 0.1) is 28.6 Å². The van der Waals surface area contributed by atoms with Gasteiger partial charge in [0.05, 0.1) is 0 Å². The van der Waals surface area contributed by atoms with Crippen molar-refractivity contribution in [1.82, 2.24) is 0 Å². The molecular weight excluding hydrogens is 355 g/mol. The summed E-state index contributed by atoms with van der Waals surface area (Å²) in [5.74, 6) is 2.93. The Hall–Kier alpha value is 0.210. The second kappa shape index (κ2) is 4.60. The van der Waals surface area contributed by atoms with Crippen molar-refractivity contribution in [3.8, 4) is 0 Å². The van der Waals surface area contributed by atoms with Gasteiger partial charge in [-0.05, 0) is 101 Å². The highest BCUT2D eigenvalue weighted by Crippen LogP contribution is 2.66. The number of hydrogen-bond donors (Lipinski definition) is 0. The van der Waals surface area contributed by atoms with Gasteiger partial charge in [0.25, 0.3) is 0 Å². The van der Waals surface area contributed by atoms with Gasteiger partial charge in [-0.15, -0.1) is 0 Å². The van der Waals surface area contributed by atoms with Crippen LogP contribution in [0.4, 0.5) is 0 Å². The standard InChI is InChI=1S/C19H27I/c1-18-11-4-3-5-13(18)6-7-14-15-8-9-17(20)19(15,2)12-10-16(14)18/h5,9,14-16H,3-4,6-8,10-12H2,1-2H3/t14-,15-,16-,18-,19-/m0/s1. The van der Waals surface area contributed by atoms with Gasteiger partial charge in [-0.25, -0.2) is 0 Å². The second-order valence-electron chi connectivity index (χ2n) is 8.20. The van der Waals surface area contributed by atoms with Crippen molar-refractivity contribution < 1.29 is 0 Å². The summed E-state index contributed by atoms with van der Waals surface area (Å²) in [6.45, 7) is 5.18. The van der Waals surface area contributed by atoms with E-state index in [-0.39, 0.29) is 0 Å². The van der Waals surface area contributed by atoms with Gasteiger partial charge in [-0.1, -0.05) is 31.6 Å². The van der Waals surface area contributed by atoms with Gasteiger partial charge in [0, 0.05) is 5.41 Å². The molecule has 0 bridgehead atoms. The maximum absolute atomic E-state index is 2.64. The lowest BCUT2D eigenvalue weighted by atomic mass is 9.47. The maximum Gasteiger partial charge on any atom is 0.00135 e. The number of rotatable bonds is 0. The number of hydrogen-bond acceptors (Lipinski definition) is 0. The van der Waals surface area contributed by atoms with Crippen molar-refractivity contribution >= 4 is 22.6 Å². The summed E-state index contributed by atoms with van der Waals surface area (Å²) >= 11 is 2.64. The molecular formula is C19H27I. The average molecular weight is 382 g/mol. The topological polar surface area (TPSA) is 0 Å². The van der Waals surface area contributed by atoms with Crippen molar-refractivity contribution in [2.45, 2.75) is 65.2 Å². The highest BCUT2D eigenvalue weighted by Gasteiger charge is 2.56. The fourth-order valence-corrected chi connectivity index (χ4v) is 7.19. The zero-order chi connectivity index (χ0) is 14.0. The summed E-state index contributed by atoms with van der Waals surface area (Å²) in [6.07, 6.45) is 16.6. The van der Waals surface area contributed by atoms with E-state index in [1.54, 1.807) is 3.58 Å². The van der Waals surface area contributed by atoms with Crippen molar-refractivity contribution in [3.63, 3.8) is 0 Å². The molecule has 0 saturated heterocycles. The van der Waals surface area contributed by atoms with Gasteiger partial charge >= 0.3 is 0 Å². The summed E-state index contributed by atoms with van der Waals surface area (Å²) in [7, 11) is 0. The first-order chi connectivity index (χ1) is 9.56. The average Bonchev–Trinajstić information content (AvgIpc) is 2.74. The molecule has 4 aliphatic carbocycles. The van der Waals surface area contributed by atoms with E-state index in [1.807, 2.05) is 5.57 Å². The number of allylic oxidation sites excluding steroid dienone is 4. The minimum absolute atomic E-state index is 0.536. The highest BCUT2D eigenvalue weighted by atomic mass is 127. The quantitative estimate of drug-likeness (QED) is 0.342. The Kier molecular flexibility index (Phi) is 3.18. The monoisotopic (exact) mass is 382 g/mol. The lowest BCUT2D eigenvalue weighted by molar-refractivity contribution is -0.0254. The van der Waals surface area contributed by atoms with Gasteiger partial charge in [0.2, 0.25) is 0 Å². The van der Waals surface area contributed by atoms with Crippen LogP contribution < -0.4 is 0 Å². The van der Waals surface area contributed by atoms with Crippen LogP contribution in [0.2, 0.25) is 0 Å². The number of halogens is 1. The smallest absolute Gasteiger partial charge is 0.00135 e. The van der Waals surface area contributed by atoms with Gasteiger partial charge in [-0.2, -0.15) is 0 Å². The summed E-state index contributed by atoms with van der Waals surface area (Å²) in [6, 6.07) is 0. The van der Waals surface area contributed by atoms with Gasteiger partial charge in [0.15, 0.2) is 0 Å². The Morgan fingerprint density at radius 2 is 1.90 bits per heavy atom. The van der Waals surface area contributed by atoms with E-state index < -0.39 is 0 Å². The van der Waals surface area contributed by atoms with Crippen molar-refractivity contribution in [2.75, 3.05) is 0 Å². The van der Waals surface area contributed by atoms with E-state index in [0.29, 0.717) is 10.8 Å². The fourth-order valence-electron chi connectivity index (χ4n) is 6.27. The van der Waals surface area contributed by atoms with E-state index in [4.69, 9.17) is 0 Å². The van der Waals surface area contributed by atoms with E-state index in [1.165, 1.54) is 51.4 Å². The van der Waals surface area contributed by atoms with Crippen LogP contribution in [0.1, 0.15) is 65.2 Å². The molecule has 0 aromatic rings. The maximum atomic E-state index is 2.64. The first-order valence-electron chi connectivity index (χ1n) is 8.61. The molecule has 20 heavy (non-hydrogen) atoms. The SMILES string of the molecule is C[C@]12CCCC=C1CC[C@@H]1[C@@H]2CC[C@]2(C)C(I)=CC[C@@H]12. The molecule has 0 unspecified atom stereocenters. The fraction of sp³-hybridized carbons (Fsp3) is 0.789. The largest absolute Gasteiger partial charge is 0.0848 e. The molecule has 1 heteroatoms. The molecule has 0 heterocycles. The van der Waals surface area contributed by atoms with Crippen LogP contribution in [0.5, 0.6) is 0 Å². The minimum atomic E-state index is 0.536. The highest BCUT2D eigenvalue weighted by molar-refractivity contribution is 14.1. The lowest BCUT2D eigenvalue weighted by Gasteiger charge is -2.57. The van der Waals surface area contributed by atoms with E-state index >= 15 is 0 Å². The third-order valence-electron chi connectivity index (χ3n) is 7.51. The van der Waals surface area contributed by atoms with Gasteiger partial charge in [0.1, 0.15) is 0 Å². The molecule has 4 rings (SSSR count). The molecule has 2 fully saturated rings. The molecule has 0 N–H and O–H groups in total. The Morgan fingerprint density at radius 1 is 1.05 bits per heavy atom. The van der Waals surface area contributed by atoms with E-state index in [2.05, 4.69) is 48.6 Å². The molecule has 0 aromatic carbocycles. The Balaban J connectivity index is 1.69. The van der Waals surface area contributed by atoms with E-state index in [9.17, 15) is 0 Å². The summed E-state index contributed by atoms with van der Waals surface area (Å²) in [5, 5.41) is 0. The third kappa shape index (κ3) is 1.71. The minimum Gasteiger partial charge on any atom is -0.0848 e. The zero-order valence-corrected chi connectivity index (χ0v) is 15.1. The molecule has 0 nitrogen and oxygen atoms in total. The van der Waals surface area contributed by atoms with Crippen LogP contribution in [0.25, 0.3) is 0 Å².